The van der Waals surface area contributed by atoms with Crippen LogP contribution < -0.4 is 0 Å². The van der Waals surface area contributed by atoms with Gasteiger partial charge in [-0.3, -0.25) is 9.80 Å². The predicted molar refractivity (Wildman–Crippen MR) is 118 cm³/mol. The molecule has 2 atom stereocenters. The number of aryl methyl sites for hydroxylation is 1. The van der Waals surface area contributed by atoms with Gasteiger partial charge in [0.05, 0.1) is 21.7 Å². The van der Waals surface area contributed by atoms with Crippen molar-refractivity contribution < 1.29 is 16.8 Å². The largest absolute Gasteiger partial charge is 0.297 e. The van der Waals surface area contributed by atoms with Crippen molar-refractivity contribution in [2.75, 3.05) is 37.7 Å². The van der Waals surface area contributed by atoms with Crippen molar-refractivity contribution in [2.45, 2.75) is 29.7 Å². The molecule has 0 saturated carbocycles. The monoisotopic (exact) mass is 448 g/mol. The highest BCUT2D eigenvalue weighted by Crippen LogP contribution is 2.30. The molecular formula is C22H28N2O4S2. The maximum atomic E-state index is 13.3. The molecule has 0 radical (unpaired) electrons. The summed E-state index contributed by atoms with van der Waals surface area (Å²) in [5.74, 6) is -0.375. The molecular weight excluding hydrogens is 420 g/mol. The van der Waals surface area contributed by atoms with Crippen molar-refractivity contribution in [3.8, 4) is 0 Å². The molecule has 0 aromatic heterocycles. The van der Waals surface area contributed by atoms with Gasteiger partial charge in [0.25, 0.3) is 0 Å². The van der Waals surface area contributed by atoms with E-state index in [4.69, 9.17) is 0 Å². The third-order valence-corrected chi connectivity index (χ3v) is 10.3. The molecule has 0 amide bonds. The second kappa shape index (κ2) is 8.42. The summed E-state index contributed by atoms with van der Waals surface area (Å²) in [6.07, 6.45) is 0. The molecule has 6 nitrogen and oxygen atoms in total. The van der Waals surface area contributed by atoms with Crippen LogP contribution in [0.1, 0.15) is 11.1 Å². The molecule has 2 aromatic rings. The molecule has 162 valence electrons. The average molecular weight is 449 g/mol. The van der Waals surface area contributed by atoms with Crippen LogP contribution in [-0.4, -0.2) is 75.6 Å². The lowest BCUT2D eigenvalue weighted by Crippen LogP contribution is -2.54. The van der Waals surface area contributed by atoms with E-state index < -0.39 is 31.0 Å². The third-order valence-electron chi connectivity index (χ3n) is 6.15. The minimum absolute atomic E-state index is 0.0819. The van der Waals surface area contributed by atoms with Gasteiger partial charge in [0, 0.05) is 38.8 Å². The number of hydrogen-bond acceptors (Lipinski definition) is 6. The summed E-state index contributed by atoms with van der Waals surface area (Å²) in [5.41, 5.74) is 2.22. The third kappa shape index (κ3) is 4.61. The lowest BCUT2D eigenvalue weighted by atomic mass is 10.1. The fourth-order valence-electron chi connectivity index (χ4n) is 4.43. The summed E-state index contributed by atoms with van der Waals surface area (Å²) in [6, 6.07) is 16.4. The summed E-state index contributed by atoms with van der Waals surface area (Å²) >= 11 is 0. The Bertz CT molecular complexity index is 1080. The maximum Gasteiger partial charge on any atom is 0.183 e. The van der Waals surface area contributed by atoms with Crippen LogP contribution in [0.25, 0.3) is 0 Å². The standard InChI is InChI=1S/C22H28N2O4S2/c1-18-7-9-20(10-8-18)30(27,28)22-17-29(25,26)16-21(22)24-13-11-23(12-14-24)15-19-5-3-2-4-6-19/h2-10,21-22H,11-17H2,1H3. The zero-order chi connectivity index (χ0) is 21.4. The SMILES string of the molecule is Cc1ccc(S(=O)(=O)C2CS(=O)(=O)CC2N2CCN(Cc3ccccc3)CC2)cc1. The minimum Gasteiger partial charge on any atom is -0.297 e. The zero-order valence-electron chi connectivity index (χ0n) is 17.1. The van der Waals surface area contributed by atoms with Crippen molar-refractivity contribution in [3.05, 3.63) is 65.7 Å². The molecule has 4 rings (SSSR count). The Balaban J connectivity index is 1.49. The quantitative estimate of drug-likeness (QED) is 0.694. The van der Waals surface area contributed by atoms with Gasteiger partial charge in [0.1, 0.15) is 0 Å². The van der Waals surface area contributed by atoms with Crippen LogP contribution in [-0.2, 0) is 26.2 Å². The van der Waals surface area contributed by atoms with Gasteiger partial charge in [-0.2, -0.15) is 0 Å². The Morgan fingerprint density at radius 1 is 0.900 bits per heavy atom. The Labute approximate surface area is 179 Å². The highest BCUT2D eigenvalue weighted by atomic mass is 32.2. The number of nitrogens with zero attached hydrogens (tertiary/aromatic N) is 2. The van der Waals surface area contributed by atoms with E-state index in [0.29, 0.717) is 13.1 Å². The number of sulfone groups is 2. The molecule has 0 spiro atoms. The molecule has 8 heteroatoms. The summed E-state index contributed by atoms with van der Waals surface area (Å²) in [4.78, 5) is 4.62. The van der Waals surface area contributed by atoms with E-state index in [1.807, 2.05) is 25.1 Å². The van der Waals surface area contributed by atoms with Crippen molar-refractivity contribution in [1.29, 1.82) is 0 Å². The van der Waals surface area contributed by atoms with E-state index in [1.54, 1.807) is 24.3 Å². The number of piperazine rings is 1. The van der Waals surface area contributed by atoms with Gasteiger partial charge in [-0.05, 0) is 24.6 Å². The van der Waals surface area contributed by atoms with Crippen LogP contribution in [0.5, 0.6) is 0 Å². The molecule has 0 bridgehead atoms. The van der Waals surface area contributed by atoms with Crippen LogP contribution in [0.3, 0.4) is 0 Å². The minimum atomic E-state index is -3.72. The molecule has 2 heterocycles. The fourth-order valence-corrected chi connectivity index (χ4v) is 9.26. The van der Waals surface area contributed by atoms with Crippen LogP contribution in [0.15, 0.2) is 59.5 Å². The lowest BCUT2D eigenvalue weighted by Gasteiger charge is -2.39. The highest BCUT2D eigenvalue weighted by molar-refractivity contribution is 7.96. The molecule has 2 saturated heterocycles. The molecule has 0 N–H and O–H groups in total. The molecule has 2 aliphatic rings. The number of hydrogen-bond donors (Lipinski definition) is 0. The summed E-state index contributed by atoms with van der Waals surface area (Å²) in [7, 11) is -7.11. The molecule has 2 unspecified atom stereocenters. The maximum absolute atomic E-state index is 13.3. The Kier molecular flexibility index (Phi) is 6.03. The van der Waals surface area contributed by atoms with Crippen LogP contribution in [0.2, 0.25) is 0 Å². The first-order valence-electron chi connectivity index (χ1n) is 10.3. The Morgan fingerprint density at radius 3 is 2.17 bits per heavy atom. The molecule has 30 heavy (non-hydrogen) atoms. The first kappa shape index (κ1) is 21.5. The van der Waals surface area contributed by atoms with Gasteiger partial charge in [-0.1, -0.05) is 48.0 Å². The fraction of sp³-hybridized carbons (Fsp3) is 0.455. The lowest BCUT2D eigenvalue weighted by molar-refractivity contribution is 0.101. The van der Waals surface area contributed by atoms with E-state index in [1.165, 1.54) is 5.56 Å². The molecule has 0 aliphatic carbocycles. The molecule has 2 aromatic carbocycles. The van der Waals surface area contributed by atoms with Gasteiger partial charge in [-0.15, -0.1) is 0 Å². The normalized spacial score (nSPS) is 25.4. The van der Waals surface area contributed by atoms with Gasteiger partial charge in [-0.25, -0.2) is 16.8 Å². The highest BCUT2D eigenvalue weighted by Gasteiger charge is 2.48. The number of rotatable bonds is 5. The second-order valence-corrected chi connectivity index (χ2v) is 12.7. The van der Waals surface area contributed by atoms with E-state index in [0.717, 1.165) is 25.2 Å². The van der Waals surface area contributed by atoms with E-state index in [-0.39, 0.29) is 16.4 Å². The molecule has 2 fully saturated rings. The second-order valence-electron chi connectivity index (χ2n) is 8.34. The van der Waals surface area contributed by atoms with Crippen LogP contribution >= 0.6 is 0 Å². The Hall–Kier alpha value is -1.74. The van der Waals surface area contributed by atoms with E-state index in [2.05, 4.69) is 21.9 Å². The summed E-state index contributed by atoms with van der Waals surface area (Å²) < 4.78 is 51.4. The van der Waals surface area contributed by atoms with Gasteiger partial charge in [0.2, 0.25) is 0 Å². The predicted octanol–water partition coefficient (Wildman–Crippen LogP) is 1.75. The zero-order valence-corrected chi connectivity index (χ0v) is 18.8. The van der Waals surface area contributed by atoms with Crippen LogP contribution in [0.4, 0.5) is 0 Å². The van der Waals surface area contributed by atoms with Gasteiger partial charge in [0.15, 0.2) is 19.7 Å². The topological polar surface area (TPSA) is 74.8 Å². The van der Waals surface area contributed by atoms with E-state index in [9.17, 15) is 16.8 Å². The first-order chi connectivity index (χ1) is 14.2. The number of benzene rings is 2. The average Bonchev–Trinajstić information content (AvgIpc) is 3.06. The summed E-state index contributed by atoms with van der Waals surface area (Å²) in [5, 5.41) is -0.911. The van der Waals surface area contributed by atoms with Crippen LogP contribution in [0, 0.1) is 6.92 Å². The van der Waals surface area contributed by atoms with E-state index >= 15 is 0 Å². The van der Waals surface area contributed by atoms with Crippen molar-refractivity contribution in [1.82, 2.24) is 9.80 Å². The Morgan fingerprint density at radius 2 is 1.53 bits per heavy atom. The van der Waals surface area contributed by atoms with Crippen molar-refractivity contribution in [3.63, 3.8) is 0 Å². The van der Waals surface area contributed by atoms with Gasteiger partial charge >= 0.3 is 0 Å². The smallest absolute Gasteiger partial charge is 0.183 e. The molecule has 2 aliphatic heterocycles. The first-order valence-corrected chi connectivity index (χ1v) is 13.6. The van der Waals surface area contributed by atoms with Crippen molar-refractivity contribution in [2.24, 2.45) is 0 Å². The van der Waals surface area contributed by atoms with Crippen molar-refractivity contribution >= 4 is 19.7 Å². The summed E-state index contributed by atoms with van der Waals surface area (Å²) in [6.45, 7) is 5.68. The van der Waals surface area contributed by atoms with Gasteiger partial charge < -0.3 is 0 Å².